The Morgan fingerprint density at radius 1 is 1.57 bits per heavy atom. The summed E-state index contributed by atoms with van der Waals surface area (Å²) in [6.45, 7) is 2.69. The van der Waals surface area contributed by atoms with Crippen molar-refractivity contribution in [2.45, 2.75) is 13.5 Å². The zero-order valence-corrected chi connectivity index (χ0v) is 10.7. The summed E-state index contributed by atoms with van der Waals surface area (Å²) in [6, 6.07) is 4.12. The monoisotopic (exact) mass is 290 g/mol. The van der Waals surface area contributed by atoms with E-state index >= 15 is 0 Å². The number of rotatable bonds is 2. The summed E-state index contributed by atoms with van der Waals surface area (Å²) in [5.41, 5.74) is 0.877. The van der Waals surface area contributed by atoms with Crippen molar-refractivity contribution in [3.63, 3.8) is 0 Å². The maximum Gasteiger partial charge on any atom is 0.0815 e. The van der Waals surface area contributed by atoms with Crippen LogP contribution in [0.5, 0.6) is 0 Å². The lowest BCUT2D eigenvalue weighted by Gasteiger charge is -1.96. The van der Waals surface area contributed by atoms with Crippen molar-refractivity contribution in [3.05, 3.63) is 37.7 Å². The minimum Gasteiger partial charge on any atom is -0.266 e. The third-order valence-corrected chi connectivity index (χ3v) is 3.81. The molecule has 0 N–H and O–H groups in total. The summed E-state index contributed by atoms with van der Waals surface area (Å²) in [5.74, 6) is 0. The van der Waals surface area contributed by atoms with Gasteiger partial charge in [0.05, 0.1) is 21.0 Å². The van der Waals surface area contributed by atoms with E-state index in [2.05, 4.69) is 27.1 Å². The van der Waals surface area contributed by atoms with Crippen LogP contribution in [0, 0.1) is 6.92 Å². The first-order valence-electron chi connectivity index (χ1n) is 4.09. The number of aryl methyl sites for hydroxylation is 1. The van der Waals surface area contributed by atoms with Crippen molar-refractivity contribution in [1.29, 1.82) is 0 Å². The van der Waals surface area contributed by atoms with E-state index in [1.807, 2.05) is 23.9 Å². The van der Waals surface area contributed by atoms with E-state index in [9.17, 15) is 0 Å². The van der Waals surface area contributed by atoms with E-state index in [0.29, 0.717) is 0 Å². The van der Waals surface area contributed by atoms with Gasteiger partial charge in [-0.25, -0.2) is 0 Å². The molecular formula is C9H8BrClN2S. The second-order valence-corrected chi connectivity index (χ2v) is 5.92. The highest BCUT2D eigenvalue weighted by Crippen LogP contribution is 2.23. The molecule has 2 heterocycles. The van der Waals surface area contributed by atoms with Gasteiger partial charge in [-0.2, -0.15) is 5.10 Å². The molecule has 0 aromatic carbocycles. The zero-order valence-electron chi connectivity index (χ0n) is 7.50. The zero-order chi connectivity index (χ0) is 10.1. The van der Waals surface area contributed by atoms with Gasteiger partial charge in [0.1, 0.15) is 0 Å². The molecule has 2 aromatic rings. The summed E-state index contributed by atoms with van der Waals surface area (Å²) in [7, 11) is 0. The Morgan fingerprint density at radius 3 is 2.86 bits per heavy atom. The van der Waals surface area contributed by atoms with Gasteiger partial charge >= 0.3 is 0 Å². The molecule has 0 aliphatic carbocycles. The van der Waals surface area contributed by atoms with Crippen LogP contribution in [0.3, 0.4) is 0 Å². The van der Waals surface area contributed by atoms with Gasteiger partial charge in [0.2, 0.25) is 0 Å². The SMILES string of the molecule is Cc1nn(Cc2ccc(Br)s2)cc1Cl. The van der Waals surface area contributed by atoms with E-state index in [1.165, 1.54) is 4.88 Å². The number of aromatic nitrogens is 2. The summed E-state index contributed by atoms with van der Waals surface area (Å²) in [6.07, 6.45) is 1.85. The molecule has 5 heteroatoms. The van der Waals surface area contributed by atoms with Crippen molar-refractivity contribution in [2.24, 2.45) is 0 Å². The van der Waals surface area contributed by atoms with E-state index in [-0.39, 0.29) is 0 Å². The highest BCUT2D eigenvalue weighted by molar-refractivity contribution is 9.11. The van der Waals surface area contributed by atoms with Crippen LogP contribution in [-0.2, 0) is 6.54 Å². The predicted molar refractivity (Wildman–Crippen MR) is 63.1 cm³/mol. The van der Waals surface area contributed by atoms with E-state index in [4.69, 9.17) is 11.6 Å². The van der Waals surface area contributed by atoms with Crippen LogP contribution in [0.15, 0.2) is 22.1 Å². The van der Waals surface area contributed by atoms with Gasteiger partial charge in [-0.15, -0.1) is 11.3 Å². The molecule has 0 spiro atoms. The highest BCUT2D eigenvalue weighted by Gasteiger charge is 2.03. The van der Waals surface area contributed by atoms with Crippen LogP contribution in [0.2, 0.25) is 5.02 Å². The normalized spacial score (nSPS) is 10.8. The van der Waals surface area contributed by atoms with Gasteiger partial charge in [0.25, 0.3) is 0 Å². The van der Waals surface area contributed by atoms with Gasteiger partial charge in [0.15, 0.2) is 0 Å². The maximum atomic E-state index is 5.91. The van der Waals surface area contributed by atoms with Crippen LogP contribution in [0.4, 0.5) is 0 Å². The number of thiophene rings is 1. The molecule has 0 amide bonds. The minimum atomic E-state index is 0.723. The molecular weight excluding hydrogens is 284 g/mol. The first-order chi connectivity index (χ1) is 6.65. The molecule has 74 valence electrons. The lowest BCUT2D eigenvalue weighted by Crippen LogP contribution is -1.97. The average Bonchev–Trinajstić information content (AvgIpc) is 2.62. The molecule has 0 saturated heterocycles. The van der Waals surface area contributed by atoms with Crippen molar-refractivity contribution < 1.29 is 0 Å². The lowest BCUT2D eigenvalue weighted by molar-refractivity contribution is 0.687. The Morgan fingerprint density at radius 2 is 2.36 bits per heavy atom. The van der Waals surface area contributed by atoms with E-state index in [1.54, 1.807) is 11.3 Å². The molecule has 0 atom stereocenters. The van der Waals surface area contributed by atoms with Crippen molar-refractivity contribution >= 4 is 38.9 Å². The Kier molecular flexibility index (Phi) is 2.95. The van der Waals surface area contributed by atoms with Gasteiger partial charge in [-0.3, -0.25) is 4.68 Å². The fourth-order valence-electron chi connectivity index (χ4n) is 1.17. The van der Waals surface area contributed by atoms with Crippen molar-refractivity contribution in [2.75, 3.05) is 0 Å². The smallest absolute Gasteiger partial charge is 0.0815 e. The molecule has 0 aliphatic rings. The molecule has 2 nitrogen and oxygen atoms in total. The number of hydrogen-bond donors (Lipinski definition) is 0. The van der Waals surface area contributed by atoms with Crippen LogP contribution in [0.1, 0.15) is 10.6 Å². The largest absolute Gasteiger partial charge is 0.266 e. The molecule has 0 saturated carbocycles. The predicted octanol–water partition coefficient (Wildman–Crippen LogP) is 3.72. The van der Waals surface area contributed by atoms with Gasteiger partial charge < -0.3 is 0 Å². The molecule has 14 heavy (non-hydrogen) atoms. The highest BCUT2D eigenvalue weighted by atomic mass is 79.9. The Bertz CT molecular complexity index is 430. The first-order valence-corrected chi connectivity index (χ1v) is 6.07. The quantitative estimate of drug-likeness (QED) is 0.824. The third kappa shape index (κ3) is 2.19. The fraction of sp³-hybridized carbons (Fsp3) is 0.222. The molecule has 0 radical (unpaired) electrons. The fourth-order valence-corrected chi connectivity index (χ4v) is 2.80. The first kappa shape index (κ1) is 10.2. The average molecular weight is 292 g/mol. The summed E-state index contributed by atoms with van der Waals surface area (Å²) in [4.78, 5) is 1.26. The molecule has 2 aromatic heterocycles. The maximum absolute atomic E-state index is 5.91. The van der Waals surface area contributed by atoms with Crippen LogP contribution in [0.25, 0.3) is 0 Å². The molecule has 0 aliphatic heterocycles. The summed E-state index contributed by atoms with van der Waals surface area (Å²) < 4.78 is 3.00. The van der Waals surface area contributed by atoms with Crippen LogP contribution >= 0.6 is 38.9 Å². The number of halogens is 2. The van der Waals surface area contributed by atoms with Crippen LogP contribution < -0.4 is 0 Å². The standard InChI is InChI=1S/C9H8BrClN2S/c1-6-8(11)5-13(12-6)4-7-2-3-9(10)14-7/h2-3,5H,4H2,1H3. The van der Waals surface area contributed by atoms with Gasteiger partial charge in [0, 0.05) is 11.1 Å². The minimum absolute atomic E-state index is 0.723. The van der Waals surface area contributed by atoms with E-state index in [0.717, 1.165) is 21.0 Å². The molecule has 0 fully saturated rings. The second-order valence-electron chi connectivity index (χ2n) is 2.97. The van der Waals surface area contributed by atoms with Gasteiger partial charge in [-0.1, -0.05) is 11.6 Å². The van der Waals surface area contributed by atoms with Crippen molar-refractivity contribution in [1.82, 2.24) is 9.78 Å². The number of nitrogens with zero attached hydrogens (tertiary/aromatic N) is 2. The molecule has 0 unspecified atom stereocenters. The number of hydrogen-bond acceptors (Lipinski definition) is 2. The lowest BCUT2D eigenvalue weighted by atomic mass is 10.5. The third-order valence-electron chi connectivity index (χ3n) is 1.83. The van der Waals surface area contributed by atoms with E-state index < -0.39 is 0 Å². The summed E-state index contributed by atoms with van der Waals surface area (Å²) in [5, 5.41) is 5.01. The molecule has 0 bridgehead atoms. The topological polar surface area (TPSA) is 17.8 Å². The van der Waals surface area contributed by atoms with Gasteiger partial charge in [-0.05, 0) is 35.0 Å². The Hall–Kier alpha value is -0.320. The van der Waals surface area contributed by atoms with Crippen molar-refractivity contribution in [3.8, 4) is 0 Å². The van der Waals surface area contributed by atoms with Crippen LogP contribution in [-0.4, -0.2) is 9.78 Å². The molecule has 2 rings (SSSR count). The summed E-state index contributed by atoms with van der Waals surface area (Å²) >= 11 is 11.1. The Labute approximate surface area is 99.6 Å². The second kappa shape index (κ2) is 4.04. The Balaban J connectivity index is 2.18.